The van der Waals surface area contributed by atoms with Crippen LogP contribution in [0.4, 0.5) is 0 Å². The maximum Gasteiger partial charge on any atom is 0.258 e. The molecule has 0 saturated heterocycles. The largest absolute Gasteiger partial charge is 0.497 e. The Hall–Kier alpha value is -2.40. The predicted octanol–water partition coefficient (Wildman–Crippen LogP) is 4.76. The molecule has 0 bridgehead atoms. The van der Waals surface area contributed by atoms with Crippen molar-refractivity contribution in [1.29, 1.82) is 0 Å². The molecule has 1 unspecified atom stereocenters. The third-order valence-corrected chi connectivity index (χ3v) is 5.39. The van der Waals surface area contributed by atoms with Crippen molar-refractivity contribution in [2.75, 3.05) is 13.7 Å². The molecule has 1 atom stereocenters. The Kier molecular flexibility index (Phi) is 5.75. The van der Waals surface area contributed by atoms with Crippen LogP contribution < -0.4 is 19.5 Å². The van der Waals surface area contributed by atoms with Crippen molar-refractivity contribution in [3.8, 4) is 17.2 Å². The van der Waals surface area contributed by atoms with Crippen LogP contribution in [0.15, 0.2) is 30.3 Å². The van der Waals surface area contributed by atoms with E-state index in [1.165, 1.54) is 0 Å². The lowest BCUT2D eigenvalue weighted by atomic mass is 9.89. The highest BCUT2D eigenvalue weighted by Gasteiger charge is 2.34. The van der Waals surface area contributed by atoms with Crippen LogP contribution in [0.2, 0.25) is 5.02 Å². The Morgan fingerprint density at radius 1 is 1.21 bits per heavy atom. The third kappa shape index (κ3) is 4.53. The zero-order chi connectivity index (χ0) is 20.5. The van der Waals surface area contributed by atoms with E-state index in [0.717, 1.165) is 28.2 Å². The third-order valence-electron chi connectivity index (χ3n) is 4.79. The SMILES string of the molecule is COc1ccc2c(c1)OC(C)(C)CC2NC(=O)COc1cc(C)c(Cl)c(C)c1. The van der Waals surface area contributed by atoms with Gasteiger partial charge >= 0.3 is 0 Å². The summed E-state index contributed by atoms with van der Waals surface area (Å²) in [6, 6.07) is 9.17. The van der Waals surface area contributed by atoms with Gasteiger partial charge in [-0.05, 0) is 63.1 Å². The van der Waals surface area contributed by atoms with Gasteiger partial charge in [0.1, 0.15) is 22.8 Å². The van der Waals surface area contributed by atoms with E-state index in [0.29, 0.717) is 17.2 Å². The lowest BCUT2D eigenvalue weighted by Crippen LogP contribution is -2.42. The normalized spacial score (nSPS) is 17.3. The Morgan fingerprint density at radius 3 is 2.54 bits per heavy atom. The first-order valence-corrected chi connectivity index (χ1v) is 9.62. The summed E-state index contributed by atoms with van der Waals surface area (Å²) in [5.41, 5.74) is 2.38. The van der Waals surface area contributed by atoms with Crippen LogP contribution in [0, 0.1) is 13.8 Å². The smallest absolute Gasteiger partial charge is 0.258 e. The number of carbonyl (C=O) groups is 1. The molecular weight excluding hydrogens is 378 g/mol. The summed E-state index contributed by atoms with van der Waals surface area (Å²) < 4.78 is 17.0. The molecule has 3 rings (SSSR count). The highest BCUT2D eigenvalue weighted by Crippen LogP contribution is 2.41. The van der Waals surface area contributed by atoms with Crippen LogP contribution in [0.25, 0.3) is 0 Å². The second-order valence-corrected chi connectivity index (χ2v) is 8.13. The standard InChI is InChI=1S/C22H26ClNO4/c1-13-8-16(9-14(2)21(13)23)27-12-20(25)24-18-11-22(3,4)28-19-10-15(26-5)6-7-17(18)19/h6-10,18H,11-12H2,1-5H3,(H,24,25). The minimum atomic E-state index is -0.400. The maximum absolute atomic E-state index is 12.5. The monoisotopic (exact) mass is 403 g/mol. The average Bonchev–Trinajstić information content (AvgIpc) is 2.62. The second-order valence-electron chi connectivity index (χ2n) is 7.75. The number of nitrogens with one attached hydrogen (secondary N) is 1. The molecule has 2 aromatic carbocycles. The van der Waals surface area contributed by atoms with E-state index in [4.69, 9.17) is 25.8 Å². The minimum Gasteiger partial charge on any atom is -0.497 e. The summed E-state index contributed by atoms with van der Waals surface area (Å²) >= 11 is 6.18. The van der Waals surface area contributed by atoms with Gasteiger partial charge in [-0.3, -0.25) is 4.79 Å². The van der Waals surface area contributed by atoms with Crippen LogP contribution >= 0.6 is 11.6 Å². The van der Waals surface area contributed by atoms with Crippen molar-refractivity contribution in [2.45, 2.75) is 45.8 Å². The van der Waals surface area contributed by atoms with E-state index >= 15 is 0 Å². The van der Waals surface area contributed by atoms with Crippen LogP contribution in [0.3, 0.4) is 0 Å². The number of ether oxygens (including phenoxy) is 3. The summed E-state index contributed by atoms with van der Waals surface area (Å²) in [4.78, 5) is 12.5. The number of halogens is 1. The average molecular weight is 404 g/mol. The number of aryl methyl sites for hydroxylation is 2. The number of methoxy groups -OCH3 is 1. The first kappa shape index (κ1) is 20.3. The Balaban J connectivity index is 1.70. The Bertz CT molecular complexity index is 871. The minimum absolute atomic E-state index is 0.0657. The number of amides is 1. The number of hydrogen-bond acceptors (Lipinski definition) is 4. The summed E-state index contributed by atoms with van der Waals surface area (Å²) in [7, 11) is 1.62. The molecule has 0 spiro atoms. The Morgan fingerprint density at radius 2 is 1.89 bits per heavy atom. The molecule has 28 heavy (non-hydrogen) atoms. The van der Waals surface area contributed by atoms with Crippen LogP contribution in [0.5, 0.6) is 17.2 Å². The fourth-order valence-electron chi connectivity index (χ4n) is 3.46. The number of fused-ring (bicyclic) bond motifs is 1. The fraction of sp³-hybridized carbons (Fsp3) is 0.409. The molecule has 1 N–H and O–H groups in total. The molecule has 0 fully saturated rings. The quantitative estimate of drug-likeness (QED) is 0.781. The van der Waals surface area contributed by atoms with Crippen molar-refractivity contribution in [3.63, 3.8) is 0 Å². The number of rotatable bonds is 5. The maximum atomic E-state index is 12.5. The molecule has 0 aliphatic carbocycles. The van der Waals surface area contributed by atoms with Crippen LogP contribution in [0.1, 0.15) is 43.0 Å². The predicted molar refractivity (Wildman–Crippen MR) is 110 cm³/mol. The van der Waals surface area contributed by atoms with Crippen LogP contribution in [-0.2, 0) is 4.79 Å². The van der Waals surface area contributed by atoms with Gasteiger partial charge in [0.15, 0.2) is 6.61 Å². The zero-order valence-electron chi connectivity index (χ0n) is 16.9. The number of carbonyl (C=O) groups excluding carboxylic acids is 1. The first-order valence-electron chi connectivity index (χ1n) is 9.24. The zero-order valence-corrected chi connectivity index (χ0v) is 17.6. The molecular formula is C22H26ClNO4. The summed E-state index contributed by atoms with van der Waals surface area (Å²) in [5, 5.41) is 3.78. The van der Waals surface area contributed by atoms with E-state index in [2.05, 4.69) is 5.32 Å². The number of hydrogen-bond donors (Lipinski definition) is 1. The van der Waals surface area contributed by atoms with Gasteiger partial charge in [-0.15, -0.1) is 0 Å². The lowest BCUT2D eigenvalue weighted by molar-refractivity contribution is -0.124. The lowest BCUT2D eigenvalue weighted by Gasteiger charge is -2.38. The fourth-order valence-corrected chi connectivity index (χ4v) is 3.57. The van der Waals surface area contributed by atoms with E-state index in [9.17, 15) is 4.79 Å². The van der Waals surface area contributed by atoms with Crippen molar-refractivity contribution in [3.05, 3.63) is 52.0 Å². The van der Waals surface area contributed by atoms with E-state index in [-0.39, 0.29) is 18.6 Å². The molecule has 2 aromatic rings. The molecule has 0 radical (unpaired) electrons. The molecule has 1 aliphatic rings. The van der Waals surface area contributed by atoms with Gasteiger partial charge in [-0.2, -0.15) is 0 Å². The van der Waals surface area contributed by atoms with Gasteiger partial charge in [0, 0.05) is 23.1 Å². The van der Waals surface area contributed by atoms with Gasteiger partial charge < -0.3 is 19.5 Å². The Labute approximate surface area is 170 Å². The van der Waals surface area contributed by atoms with Crippen molar-refractivity contribution in [1.82, 2.24) is 5.32 Å². The molecule has 6 heteroatoms. The molecule has 150 valence electrons. The summed E-state index contributed by atoms with van der Waals surface area (Å²) in [5.74, 6) is 1.89. The number of benzene rings is 2. The van der Waals surface area contributed by atoms with Gasteiger partial charge in [0.25, 0.3) is 5.91 Å². The summed E-state index contributed by atoms with van der Waals surface area (Å²) in [6.45, 7) is 7.77. The highest BCUT2D eigenvalue weighted by molar-refractivity contribution is 6.32. The van der Waals surface area contributed by atoms with Crippen LogP contribution in [-0.4, -0.2) is 25.2 Å². The molecule has 0 aromatic heterocycles. The second kappa shape index (κ2) is 7.92. The van der Waals surface area contributed by atoms with Crippen molar-refractivity contribution >= 4 is 17.5 Å². The molecule has 1 amide bonds. The first-order chi connectivity index (χ1) is 13.2. The molecule has 0 saturated carbocycles. The van der Waals surface area contributed by atoms with Crippen molar-refractivity contribution < 1.29 is 19.0 Å². The van der Waals surface area contributed by atoms with E-state index < -0.39 is 5.60 Å². The van der Waals surface area contributed by atoms with Gasteiger partial charge in [0.2, 0.25) is 0 Å². The van der Waals surface area contributed by atoms with Gasteiger partial charge in [-0.1, -0.05) is 11.6 Å². The van der Waals surface area contributed by atoms with Crippen molar-refractivity contribution in [2.24, 2.45) is 0 Å². The topological polar surface area (TPSA) is 56.8 Å². The van der Waals surface area contributed by atoms with Gasteiger partial charge in [0.05, 0.1) is 13.2 Å². The summed E-state index contributed by atoms with van der Waals surface area (Å²) in [6.07, 6.45) is 0.664. The van der Waals surface area contributed by atoms with E-state index in [1.807, 2.05) is 58.0 Å². The molecule has 5 nitrogen and oxygen atoms in total. The van der Waals surface area contributed by atoms with E-state index in [1.54, 1.807) is 7.11 Å². The highest BCUT2D eigenvalue weighted by atomic mass is 35.5. The van der Waals surface area contributed by atoms with Gasteiger partial charge in [-0.25, -0.2) is 0 Å². The molecule has 1 heterocycles. The molecule has 1 aliphatic heterocycles.